The summed E-state index contributed by atoms with van der Waals surface area (Å²) in [5, 5.41) is 4.56. The van der Waals surface area contributed by atoms with Gasteiger partial charge < -0.3 is 10.5 Å². The van der Waals surface area contributed by atoms with E-state index in [1.54, 1.807) is 0 Å². The van der Waals surface area contributed by atoms with Gasteiger partial charge in [0.15, 0.2) is 0 Å². The lowest BCUT2D eigenvalue weighted by Crippen LogP contribution is -2.30. The molecule has 1 amide bonds. The lowest BCUT2D eigenvalue weighted by atomic mass is 9.80. The number of benzene rings is 1. The summed E-state index contributed by atoms with van der Waals surface area (Å²) < 4.78 is 5.20. The van der Waals surface area contributed by atoms with Gasteiger partial charge in [0, 0.05) is 12.1 Å². The summed E-state index contributed by atoms with van der Waals surface area (Å²) in [6, 6.07) is 8.69. The van der Waals surface area contributed by atoms with Crippen LogP contribution in [0.1, 0.15) is 50.2 Å². The molecule has 0 saturated heterocycles. The number of rotatable bonds is 3. The summed E-state index contributed by atoms with van der Waals surface area (Å²) >= 11 is 0. The van der Waals surface area contributed by atoms with Crippen LogP contribution in [0.15, 0.2) is 41.1 Å². The second-order valence-electron chi connectivity index (χ2n) is 6.48. The molecule has 3 rings (SSSR count). The van der Waals surface area contributed by atoms with Crippen molar-refractivity contribution in [1.82, 2.24) is 5.43 Å². The Hall–Kier alpha value is -2.30. The molecule has 0 bridgehead atoms. The zero-order chi connectivity index (χ0) is 16.9. The molecule has 2 atom stereocenters. The highest BCUT2D eigenvalue weighted by Crippen LogP contribution is 2.32. The van der Waals surface area contributed by atoms with Gasteiger partial charge in [-0.05, 0) is 55.2 Å². The van der Waals surface area contributed by atoms with Crippen molar-refractivity contribution in [3.63, 3.8) is 0 Å². The molecule has 0 radical (unpaired) electrons. The van der Waals surface area contributed by atoms with E-state index in [9.17, 15) is 4.79 Å². The molecular weight excluding hydrogens is 302 g/mol. The average molecular weight is 327 g/mol. The fourth-order valence-electron chi connectivity index (χ4n) is 3.59. The van der Waals surface area contributed by atoms with Gasteiger partial charge in [0.2, 0.25) is 0 Å². The molecule has 0 aromatic heterocycles. The van der Waals surface area contributed by atoms with Crippen molar-refractivity contribution in [2.24, 2.45) is 16.8 Å². The number of hydrazone groups is 1. The van der Waals surface area contributed by atoms with E-state index in [-0.39, 0.29) is 6.10 Å². The maximum Gasteiger partial charge on any atom is 0.404 e. The number of carbonyl (C=O) groups excluding carboxylic acids is 1. The molecule has 1 aliphatic heterocycles. The summed E-state index contributed by atoms with van der Waals surface area (Å²) in [6.45, 7) is 2.16. The van der Waals surface area contributed by atoms with Crippen molar-refractivity contribution >= 4 is 11.8 Å². The number of hydrogen-bond donors (Lipinski definition) is 2. The highest BCUT2D eigenvalue weighted by molar-refractivity contribution is 6.04. The summed E-state index contributed by atoms with van der Waals surface area (Å²) in [6.07, 6.45) is 6.87. The Morgan fingerprint density at radius 2 is 2.08 bits per heavy atom. The van der Waals surface area contributed by atoms with Gasteiger partial charge in [-0.1, -0.05) is 31.2 Å². The molecule has 2 aliphatic rings. The third-order valence-corrected chi connectivity index (χ3v) is 4.93. The lowest BCUT2D eigenvalue weighted by Gasteiger charge is -2.30. The van der Waals surface area contributed by atoms with E-state index in [1.165, 1.54) is 16.7 Å². The van der Waals surface area contributed by atoms with Crippen LogP contribution in [-0.2, 0) is 11.2 Å². The van der Waals surface area contributed by atoms with E-state index >= 15 is 0 Å². The van der Waals surface area contributed by atoms with Crippen LogP contribution in [0.4, 0.5) is 4.79 Å². The number of ether oxygens (including phenoxy) is 1. The molecule has 2 unspecified atom stereocenters. The van der Waals surface area contributed by atoms with E-state index in [4.69, 9.17) is 10.5 Å². The minimum absolute atomic E-state index is 0.0736. The summed E-state index contributed by atoms with van der Waals surface area (Å²) in [5.41, 5.74) is 13.2. The number of nitrogens with two attached hydrogens (primary N) is 1. The SMILES string of the molecule is CCc1ccc(C2=NNC=C3CCC(OC(N)=O)CCCC32)cc1. The van der Waals surface area contributed by atoms with Crippen LogP contribution in [0.25, 0.3) is 0 Å². The lowest BCUT2D eigenvalue weighted by molar-refractivity contribution is 0.0915. The van der Waals surface area contributed by atoms with Crippen molar-refractivity contribution in [1.29, 1.82) is 0 Å². The first-order valence-electron chi connectivity index (χ1n) is 8.74. The van der Waals surface area contributed by atoms with E-state index in [1.807, 2.05) is 6.20 Å². The van der Waals surface area contributed by atoms with Crippen LogP contribution in [0.2, 0.25) is 0 Å². The predicted octanol–water partition coefficient (Wildman–Crippen LogP) is 3.48. The van der Waals surface area contributed by atoms with Crippen molar-refractivity contribution in [3.05, 3.63) is 47.2 Å². The topological polar surface area (TPSA) is 76.7 Å². The number of aryl methyl sites for hydroxylation is 1. The maximum absolute atomic E-state index is 11.0. The Bertz CT molecular complexity index is 649. The molecular formula is C19H25N3O2. The first-order chi connectivity index (χ1) is 11.7. The first kappa shape index (κ1) is 16.6. The summed E-state index contributed by atoms with van der Waals surface area (Å²) in [5.74, 6) is 0.341. The van der Waals surface area contributed by atoms with Gasteiger partial charge in [0.1, 0.15) is 6.10 Å². The van der Waals surface area contributed by atoms with Crippen LogP contribution in [0.3, 0.4) is 0 Å². The number of carbonyl (C=O) groups is 1. The summed E-state index contributed by atoms with van der Waals surface area (Å²) in [7, 11) is 0. The fraction of sp³-hybridized carbons (Fsp3) is 0.474. The largest absolute Gasteiger partial charge is 0.446 e. The van der Waals surface area contributed by atoms with E-state index in [2.05, 4.69) is 41.7 Å². The first-order valence-corrected chi connectivity index (χ1v) is 8.74. The predicted molar refractivity (Wildman–Crippen MR) is 94.6 cm³/mol. The van der Waals surface area contributed by atoms with Gasteiger partial charge in [0.25, 0.3) is 0 Å². The van der Waals surface area contributed by atoms with Crippen molar-refractivity contribution < 1.29 is 9.53 Å². The Kier molecular flexibility index (Phi) is 5.18. The molecule has 3 N–H and O–H groups in total. The third kappa shape index (κ3) is 3.78. The zero-order valence-electron chi connectivity index (χ0n) is 14.1. The second-order valence-corrected chi connectivity index (χ2v) is 6.48. The normalized spacial score (nSPS) is 23.7. The van der Waals surface area contributed by atoms with Gasteiger partial charge in [-0.25, -0.2) is 4.79 Å². The van der Waals surface area contributed by atoms with Gasteiger partial charge in [-0.15, -0.1) is 0 Å². The van der Waals surface area contributed by atoms with Crippen molar-refractivity contribution in [3.8, 4) is 0 Å². The van der Waals surface area contributed by atoms with Crippen molar-refractivity contribution in [2.75, 3.05) is 0 Å². The smallest absolute Gasteiger partial charge is 0.404 e. The van der Waals surface area contributed by atoms with Crippen LogP contribution < -0.4 is 11.2 Å². The molecule has 1 fully saturated rings. The zero-order valence-corrected chi connectivity index (χ0v) is 14.1. The number of nitrogens with one attached hydrogen (secondary N) is 1. The molecule has 5 heteroatoms. The third-order valence-electron chi connectivity index (χ3n) is 4.93. The van der Waals surface area contributed by atoms with Gasteiger partial charge in [-0.2, -0.15) is 5.10 Å². The van der Waals surface area contributed by atoms with E-state index in [0.29, 0.717) is 5.92 Å². The molecule has 1 aromatic rings. The quantitative estimate of drug-likeness (QED) is 0.892. The fourth-order valence-corrected chi connectivity index (χ4v) is 3.59. The Labute approximate surface area is 143 Å². The number of nitrogens with zero attached hydrogens (tertiary/aromatic N) is 1. The standard InChI is InChI=1S/C19H25N3O2/c1-2-13-6-8-14(9-7-13)18-17-5-3-4-16(24-19(20)23)11-10-15(17)12-21-22-18/h6-9,12,16-17,21H,2-5,10-11H2,1H3,(H2,20,23). The second kappa shape index (κ2) is 7.51. The summed E-state index contributed by atoms with van der Waals surface area (Å²) in [4.78, 5) is 11.0. The number of primary amides is 1. The Balaban J connectivity index is 1.74. The van der Waals surface area contributed by atoms with Gasteiger partial charge in [-0.3, -0.25) is 5.43 Å². The molecule has 1 aliphatic carbocycles. The Morgan fingerprint density at radius 3 is 2.79 bits per heavy atom. The molecule has 0 spiro atoms. The van der Waals surface area contributed by atoms with Gasteiger partial charge in [0.05, 0.1) is 5.71 Å². The van der Waals surface area contributed by atoms with E-state index in [0.717, 1.165) is 44.2 Å². The number of allylic oxidation sites excluding steroid dienone is 1. The Morgan fingerprint density at radius 1 is 1.29 bits per heavy atom. The molecule has 128 valence electrons. The minimum Gasteiger partial charge on any atom is -0.446 e. The number of hydrogen-bond acceptors (Lipinski definition) is 4. The molecule has 5 nitrogen and oxygen atoms in total. The number of amides is 1. The van der Waals surface area contributed by atoms with Gasteiger partial charge >= 0.3 is 6.09 Å². The molecule has 1 heterocycles. The monoisotopic (exact) mass is 327 g/mol. The van der Waals surface area contributed by atoms with Crippen LogP contribution in [-0.4, -0.2) is 17.9 Å². The minimum atomic E-state index is -0.675. The van der Waals surface area contributed by atoms with Crippen LogP contribution in [0.5, 0.6) is 0 Å². The van der Waals surface area contributed by atoms with Crippen LogP contribution >= 0.6 is 0 Å². The van der Waals surface area contributed by atoms with Crippen LogP contribution in [0, 0.1) is 5.92 Å². The van der Waals surface area contributed by atoms with Crippen molar-refractivity contribution in [2.45, 2.75) is 51.6 Å². The molecule has 1 saturated carbocycles. The van der Waals surface area contributed by atoms with E-state index < -0.39 is 6.09 Å². The number of fused-ring (bicyclic) bond motifs is 1. The highest BCUT2D eigenvalue weighted by Gasteiger charge is 2.28. The average Bonchev–Trinajstić information content (AvgIpc) is 2.57. The molecule has 24 heavy (non-hydrogen) atoms. The highest BCUT2D eigenvalue weighted by atomic mass is 16.6. The maximum atomic E-state index is 11.0. The molecule has 1 aromatic carbocycles.